The van der Waals surface area contributed by atoms with Crippen molar-refractivity contribution in [3.05, 3.63) is 92.0 Å². The summed E-state index contributed by atoms with van der Waals surface area (Å²) in [5.74, 6) is -3.84. The number of anilines is 1. The van der Waals surface area contributed by atoms with Gasteiger partial charge in [-0.15, -0.1) is 0 Å². The normalized spacial score (nSPS) is 11.6. The summed E-state index contributed by atoms with van der Waals surface area (Å²) in [7, 11) is 1.36. The van der Waals surface area contributed by atoms with Gasteiger partial charge < -0.3 is 10.6 Å². The zero-order chi connectivity index (χ0) is 22.7. The van der Waals surface area contributed by atoms with Crippen LogP contribution in [0.4, 0.5) is 14.6 Å². The Balaban J connectivity index is 2.08. The molecule has 0 aliphatic heterocycles. The van der Waals surface area contributed by atoms with Gasteiger partial charge in [0.25, 0.3) is 5.91 Å². The van der Waals surface area contributed by atoms with Crippen LogP contribution in [0.2, 0.25) is 10.0 Å². The van der Waals surface area contributed by atoms with Crippen LogP contribution in [0.1, 0.15) is 26.9 Å². The molecule has 31 heavy (non-hydrogen) atoms. The first-order valence-corrected chi connectivity index (χ1v) is 9.49. The van der Waals surface area contributed by atoms with Gasteiger partial charge in [-0.25, -0.2) is 13.6 Å². The standard InChI is InChI=1S/C20H14Cl2F2N4O3/c1-25-17-15(24)9-28(20(31)26-17)18(16(29)10-5-6-13(22)14(23)8-10)27-19(30)11-3-2-4-12(21)7-11/h2-9,18H,1H3,(H,27,30)(H,25,26,31). The van der Waals surface area contributed by atoms with E-state index < -0.39 is 35.2 Å². The first-order valence-electron chi connectivity index (χ1n) is 8.73. The van der Waals surface area contributed by atoms with Crippen LogP contribution >= 0.6 is 23.2 Å². The second-order valence-corrected chi connectivity index (χ2v) is 7.10. The molecule has 3 rings (SSSR count). The highest BCUT2D eigenvalue weighted by Crippen LogP contribution is 2.20. The Kier molecular flexibility index (Phi) is 6.67. The Hall–Kier alpha value is -3.30. The summed E-state index contributed by atoms with van der Waals surface area (Å²) >= 11 is 11.5. The van der Waals surface area contributed by atoms with Crippen LogP contribution in [0.3, 0.4) is 0 Å². The second kappa shape index (κ2) is 9.23. The van der Waals surface area contributed by atoms with Gasteiger partial charge in [0.15, 0.2) is 17.8 Å². The summed E-state index contributed by atoms with van der Waals surface area (Å²) in [4.78, 5) is 41.7. The van der Waals surface area contributed by atoms with Gasteiger partial charge >= 0.3 is 5.69 Å². The lowest BCUT2D eigenvalue weighted by atomic mass is 10.1. The van der Waals surface area contributed by atoms with Gasteiger partial charge in [-0.3, -0.25) is 14.2 Å². The van der Waals surface area contributed by atoms with Crippen molar-refractivity contribution in [2.75, 3.05) is 12.4 Å². The van der Waals surface area contributed by atoms with Crippen LogP contribution in [0, 0.1) is 11.6 Å². The van der Waals surface area contributed by atoms with E-state index in [-0.39, 0.29) is 27.0 Å². The minimum absolute atomic E-state index is 0.0842. The lowest BCUT2D eigenvalue weighted by Crippen LogP contribution is -2.43. The van der Waals surface area contributed by atoms with Crippen molar-refractivity contribution < 1.29 is 18.4 Å². The number of nitrogens with zero attached hydrogens (tertiary/aromatic N) is 2. The van der Waals surface area contributed by atoms with Gasteiger partial charge in [0.05, 0.1) is 11.2 Å². The molecule has 2 aromatic carbocycles. The molecule has 0 aliphatic rings. The molecule has 1 heterocycles. The molecule has 160 valence electrons. The van der Waals surface area contributed by atoms with E-state index in [0.717, 1.165) is 12.1 Å². The predicted octanol–water partition coefficient (Wildman–Crippen LogP) is 3.68. The van der Waals surface area contributed by atoms with E-state index >= 15 is 0 Å². The zero-order valence-corrected chi connectivity index (χ0v) is 17.3. The summed E-state index contributed by atoms with van der Waals surface area (Å²) in [6, 6.07) is 9.02. The number of hydrogen-bond donors (Lipinski definition) is 2. The maximum atomic E-state index is 14.3. The van der Waals surface area contributed by atoms with E-state index in [9.17, 15) is 23.2 Å². The Morgan fingerprint density at radius 1 is 1.06 bits per heavy atom. The van der Waals surface area contributed by atoms with Crippen molar-refractivity contribution in [2.45, 2.75) is 6.17 Å². The second-order valence-electron chi connectivity index (χ2n) is 6.26. The fourth-order valence-corrected chi connectivity index (χ4v) is 3.02. The third-order valence-electron chi connectivity index (χ3n) is 4.23. The Morgan fingerprint density at radius 3 is 2.45 bits per heavy atom. The van der Waals surface area contributed by atoms with Crippen molar-refractivity contribution in [1.29, 1.82) is 0 Å². The number of Topliss-reactive ketones (excluding diaryl/α,β-unsaturated/α-hetero) is 1. The fraction of sp³-hybridized carbons (Fsp3) is 0.100. The van der Waals surface area contributed by atoms with E-state index in [4.69, 9.17) is 23.2 Å². The highest BCUT2D eigenvalue weighted by atomic mass is 35.5. The number of rotatable bonds is 6. The average molecular weight is 467 g/mol. The number of carbonyl (C=O) groups is 2. The summed E-state index contributed by atoms with van der Waals surface area (Å²) in [5.41, 5.74) is -1.14. The molecule has 2 N–H and O–H groups in total. The van der Waals surface area contributed by atoms with Gasteiger partial charge in [0.2, 0.25) is 5.78 Å². The highest BCUT2D eigenvalue weighted by Gasteiger charge is 2.27. The van der Waals surface area contributed by atoms with Crippen molar-refractivity contribution >= 4 is 40.7 Å². The van der Waals surface area contributed by atoms with Crippen LogP contribution < -0.4 is 16.3 Å². The molecule has 0 fully saturated rings. The minimum Gasteiger partial charge on any atom is -0.370 e. The number of aromatic nitrogens is 2. The predicted molar refractivity (Wildman–Crippen MR) is 112 cm³/mol. The molecule has 0 saturated carbocycles. The molecular formula is C20H14Cl2F2N4O3. The zero-order valence-electron chi connectivity index (χ0n) is 15.8. The number of benzene rings is 2. The van der Waals surface area contributed by atoms with Crippen molar-refractivity contribution in [1.82, 2.24) is 14.9 Å². The molecule has 0 radical (unpaired) electrons. The van der Waals surface area contributed by atoms with Gasteiger partial charge in [0.1, 0.15) is 5.82 Å². The number of halogens is 4. The van der Waals surface area contributed by atoms with Crippen molar-refractivity contribution in [3.8, 4) is 0 Å². The quantitative estimate of drug-likeness (QED) is 0.540. The topological polar surface area (TPSA) is 93.1 Å². The first kappa shape index (κ1) is 22.4. The van der Waals surface area contributed by atoms with E-state index in [2.05, 4.69) is 15.6 Å². The molecule has 1 unspecified atom stereocenters. The lowest BCUT2D eigenvalue weighted by Gasteiger charge is -2.20. The molecule has 3 aromatic rings. The average Bonchev–Trinajstić information content (AvgIpc) is 2.74. The van der Waals surface area contributed by atoms with E-state index in [1.807, 2.05) is 0 Å². The Bertz CT molecular complexity index is 1230. The SMILES string of the molecule is CNc1nc(=O)n(C(NC(=O)c2cccc(Cl)c2)C(=O)c2ccc(Cl)c(F)c2)cc1F. The molecule has 11 heteroatoms. The molecule has 0 spiro atoms. The number of ketones is 1. The molecular weight excluding hydrogens is 453 g/mol. The third kappa shape index (κ3) is 4.89. The number of nitrogens with one attached hydrogen (secondary N) is 2. The molecule has 0 aliphatic carbocycles. The number of hydrogen-bond acceptors (Lipinski definition) is 5. The van der Waals surface area contributed by atoms with Gasteiger partial charge in [0, 0.05) is 23.2 Å². The summed E-state index contributed by atoms with van der Waals surface area (Å²) < 4.78 is 28.8. The summed E-state index contributed by atoms with van der Waals surface area (Å²) in [6.45, 7) is 0. The van der Waals surface area contributed by atoms with Crippen LogP contribution in [-0.4, -0.2) is 28.3 Å². The van der Waals surface area contributed by atoms with Crippen molar-refractivity contribution in [2.24, 2.45) is 0 Å². The van der Waals surface area contributed by atoms with E-state index in [1.54, 1.807) is 0 Å². The Morgan fingerprint density at radius 2 is 1.81 bits per heavy atom. The monoisotopic (exact) mass is 466 g/mol. The van der Waals surface area contributed by atoms with Crippen LogP contribution in [0.15, 0.2) is 53.5 Å². The Labute approximate surface area is 184 Å². The van der Waals surface area contributed by atoms with Gasteiger partial charge in [-0.1, -0.05) is 29.3 Å². The van der Waals surface area contributed by atoms with Gasteiger partial charge in [-0.2, -0.15) is 4.98 Å². The number of carbonyl (C=O) groups excluding carboxylic acids is 2. The van der Waals surface area contributed by atoms with E-state index in [1.165, 1.54) is 37.4 Å². The maximum absolute atomic E-state index is 14.3. The van der Waals surface area contributed by atoms with Crippen molar-refractivity contribution in [3.63, 3.8) is 0 Å². The number of amides is 1. The summed E-state index contributed by atoms with van der Waals surface area (Å²) in [5, 5.41) is 4.79. The van der Waals surface area contributed by atoms with Crippen LogP contribution in [0.5, 0.6) is 0 Å². The van der Waals surface area contributed by atoms with Crippen LogP contribution in [0.25, 0.3) is 0 Å². The fourth-order valence-electron chi connectivity index (χ4n) is 2.71. The van der Waals surface area contributed by atoms with Crippen LogP contribution in [-0.2, 0) is 0 Å². The molecule has 1 atom stereocenters. The lowest BCUT2D eigenvalue weighted by molar-refractivity contribution is 0.0811. The minimum atomic E-state index is -1.73. The van der Waals surface area contributed by atoms with Gasteiger partial charge in [-0.05, 0) is 36.4 Å². The largest absolute Gasteiger partial charge is 0.370 e. The summed E-state index contributed by atoms with van der Waals surface area (Å²) in [6.07, 6.45) is -1.01. The molecule has 1 aromatic heterocycles. The maximum Gasteiger partial charge on any atom is 0.351 e. The highest BCUT2D eigenvalue weighted by molar-refractivity contribution is 6.31. The smallest absolute Gasteiger partial charge is 0.351 e. The first-order chi connectivity index (χ1) is 14.7. The third-order valence-corrected chi connectivity index (χ3v) is 4.77. The van der Waals surface area contributed by atoms with E-state index in [0.29, 0.717) is 10.8 Å². The molecule has 1 amide bonds. The molecule has 7 nitrogen and oxygen atoms in total. The molecule has 0 saturated heterocycles. The molecule has 0 bridgehead atoms.